The molecule has 6 heteroatoms. The Kier molecular flexibility index (Phi) is 4.08. The molecular weight excluding hydrogens is 344 g/mol. The number of aromatic nitrogens is 2. The molecule has 1 saturated carbocycles. The lowest BCUT2D eigenvalue weighted by molar-refractivity contribution is 0.299. The second-order valence-electron chi connectivity index (χ2n) is 4.63. The molecule has 0 bridgehead atoms. The van der Waals surface area contributed by atoms with Crippen LogP contribution >= 0.6 is 27.5 Å². The lowest BCUT2D eigenvalue weighted by Gasteiger charge is -2.09. The normalized spacial score (nSPS) is 14.1. The summed E-state index contributed by atoms with van der Waals surface area (Å²) in [4.78, 5) is 8.07. The Morgan fingerprint density at radius 2 is 2.00 bits per heavy atom. The Morgan fingerprint density at radius 1 is 1.25 bits per heavy atom. The Hall–Kier alpha value is -1.33. The van der Waals surface area contributed by atoms with Crippen molar-refractivity contribution in [1.29, 1.82) is 0 Å². The van der Waals surface area contributed by atoms with Gasteiger partial charge in [-0.05, 0) is 46.8 Å². The zero-order valence-corrected chi connectivity index (χ0v) is 12.9. The quantitative estimate of drug-likeness (QED) is 0.793. The maximum Gasteiger partial charge on any atom is 0.321 e. The van der Waals surface area contributed by atoms with Crippen molar-refractivity contribution in [3.63, 3.8) is 0 Å². The van der Waals surface area contributed by atoms with Crippen LogP contribution in [-0.4, -0.2) is 16.6 Å². The highest BCUT2D eigenvalue weighted by Gasteiger charge is 2.22. The number of hydrogen-bond donors (Lipinski definition) is 0. The molecule has 1 aliphatic carbocycles. The first-order chi connectivity index (χ1) is 9.70. The number of benzene rings is 1. The number of nitrogens with zero attached hydrogens (tertiary/aromatic N) is 2. The van der Waals surface area contributed by atoms with E-state index >= 15 is 0 Å². The van der Waals surface area contributed by atoms with Crippen LogP contribution in [0, 0.1) is 5.92 Å². The van der Waals surface area contributed by atoms with Crippen molar-refractivity contribution in [2.75, 3.05) is 6.61 Å². The summed E-state index contributed by atoms with van der Waals surface area (Å²) in [6.07, 6.45) is 5.75. The van der Waals surface area contributed by atoms with Crippen molar-refractivity contribution in [3.8, 4) is 17.5 Å². The zero-order valence-electron chi connectivity index (χ0n) is 10.6. The number of halogens is 2. The molecule has 0 saturated heterocycles. The van der Waals surface area contributed by atoms with Gasteiger partial charge in [0.1, 0.15) is 11.5 Å². The van der Waals surface area contributed by atoms with Gasteiger partial charge >= 0.3 is 6.01 Å². The fourth-order valence-corrected chi connectivity index (χ4v) is 2.02. The minimum Gasteiger partial charge on any atom is -0.493 e. The SMILES string of the molecule is Clc1cc(OCC2CC2)ccc1Oc1ncc(Br)cn1. The Balaban J connectivity index is 1.68. The predicted octanol–water partition coefficient (Wildman–Crippen LogP) is 4.47. The van der Waals surface area contributed by atoms with E-state index in [-0.39, 0.29) is 6.01 Å². The molecule has 0 N–H and O–H groups in total. The number of rotatable bonds is 5. The number of hydrogen-bond acceptors (Lipinski definition) is 4. The smallest absolute Gasteiger partial charge is 0.321 e. The number of ether oxygens (including phenoxy) is 2. The molecule has 0 spiro atoms. The Morgan fingerprint density at radius 3 is 2.65 bits per heavy atom. The third-order valence-electron chi connectivity index (χ3n) is 2.88. The van der Waals surface area contributed by atoms with E-state index in [1.54, 1.807) is 24.5 Å². The third kappa shape index (κ3) is 3.61. The Bertz CT molecular complexity index is 603. The molecule has 0 radical (unpaired) electrons. The second-order valence-corrected chi connectivity index (χ2v) is 5.96. The first kappa shape index (κ1) is 13.6. The summed E-state index contributed by atoms with van der Waals surface area (Å²) >= 11 is 9.44. The van der Waals surface area contributed by atoms with E-state index < -0.39 is 0 Å². The predicted molar refractivity (Wildman–Crippen MR) is 79.5 cm³/mol. The van der Waals surface area contributed by atoms with Gasteiger partial charge in [0.2, 0.25) is 0 Å². The van der Waals surface area contributed by atoms with Crippen LogP contribution in [0.4, 0.5) is 0 Å². The highest BCUT2D eigenvalue weighted by molar-refractivity contribution is 9.10. The van der Waals surface area contributed by atoms with Crippen LogP contribution in [-0.2, 0) is 0 Å². The first-order valence-corrected chi connectivity index (χ1v) is 7.45. The molecule has 104 valence electrons. The van der Waals surface area contributed by atoms with Crippen LogP contribution in [0.3, 0.4) is 0 Å². The molecule has 1 aliphatic rings. The van der Waals surface area contributed by atoms with Crippen LogP contribution in [0.15, 0.2) is 35.1 Å². The van der Waals surface area contributed by atoms with Crippen molar-refractivity contribution in [1.82, 2.24) is 9.97 Å². The first-order valence-electron chi connectivity index (χ1n) is 6.28. The van der Waals surface area contributed by atoms with Crippen molar-refractivity contribution in [2.45, 2.75) is 12.8 Å². The maximum atomic E-state index is 6.17. The van der Waals surface area contributed by atoms with Crippen LogP contribution in [0.1, 0.15) is 12.8 Å². The van der Waals surface area contributed by atoms with E-state index in [4.69, 9.17) is 21.1 Å². The molecule has 0 unspecified atom stereocenters. The Labute approximate surface area is 130 Å². The minimum atomic E-state index is 0.252. The monoisotopic (exact) mass is 354 g/mol. The van der Waals surface area contributed by atoms with Gasteiger partial charge in [-0.15, -0.1) is 0 Å². The topological polar surface area (TPSA) is 44.2 Å². The molecule has 4 nitrogen and oxygen atoms in total. The van der Waals surface area contributed by atoms with Crippen LogP contribution in [0.25, 0.3) is 0 Å². The van der Waals surface area contributed by atoms with E-state index in [1.165, 1.54) is 12.8 Å². The van der Waals surface area contributed by atoms with Gasteiger partial charge in [-0.3, -0.25) is 0 Å². The summed E-state index contributed by atoms with van der Waals surface area (Å²) in [6.45, 7) is 0.756. The lowest BCUT2D eigenvalue weighted by Crippen LogP contribution is -1.99. The molecule has 1 heterocycles. The van der Waals surface area contributed by atoms with Crippen LogP contribution < -0.4 is 9.47 Å². The molecule has 0 aliphatic heterocycles. The summed E-state index contributed by atoms with van der Waals surface area (Å²) in [5.41, 5.74) is 0. The van der Waals surface area contributed by atoms with Crippen LogP contribution in [0.5, 0.6) is 17.5 Å². The van der Waals surface area contributed by atoms with Gasteiger partial charge in [-0.1, -0.05) is 11.6 Å². The van der Waals surface area contributed by atoms with Gasteiger partial charge in [-0.2, -0.15) is 0 Å². The van der Waals surface area contributed by atoms with Gasteiger partial charge in [-0.25, -0.2) is 9.97 Å². The van der Waals surface area contributed by atoms with Crippen LogP contribution in [0.2, 0.25) is 5.02 Å². The average molecular weight is 356 g/mol. The van der Waals surface area contributed by atoms with Gasteiger partial charge in [0.15, 0.2) is 0 Å². The fourth-order valence-electron chi connectivity index (χ4n) is 1.60. The molecule has 1 aromatic heterocycles. The van der Waals surface area contributed by atoms with Crippen molar-refractivity contribution in [3.05, 3.63) is 40.1 Å². The molecular formula is C14H12BrClN2O2. The minimum absolute atomic E-state index is 0.252. The fraction of sp³-hybridized carbons (Fsp3) is 0.286. The molecule has 3 rings (SSSR count). The van der Waals surface area contributed by atoms with E-state index in [0.29, 0.717) is 16.7 Å². The lowest BCUT2D eigenvalue weighted by atomic mass is 10.3. The molecule has 0 amide bonds. The van der Waals surface area contributed by atoms with E-state index in [9.17, 15) is 0 Å². The van der Waals surface area contributed by atoms with Gasteiger partial charge < -0.3 is 9.47 Å². The molecule has 20 heavy (non-hydrogen) atoms. The summed E-state index contributed by atoms with van der Waals surface area (Å²) in [6, 6.07) is 5.60. The van der Waals surface area contributed by atoms with Gasteiger partial charge in [0.25, 0.3) is 0 Å². The van der Waals surface area contributed by atoms with E-state index in [0.717, 1.165) is 16.8 Å². The standard InChI is InChI=1S/C14H12BrClN2O2/c15-10-6-17-14(18-7-10)20-13-4-3-11(5-12(13)16)19-8-9-1-2-9/h3-7,9H,1-2,8H2. The molecule has 1 fully saturated rings. The van der Waals surface area contributed by atoms with Crippen molar-refractivity contribution >= 4 is 27.5 Å². The average Bonchev–Trinajstić information content (AvgIpc) is 3.26. The van der Waals surface area contributed by atoms with E-state index in [2.05, 4.69) is 25.9 Å². The highest BCUT2D eigenvalue weighted by atomic mass is 79.9. The zero-order chi connectivity index (χ0) is 13.9. The summed E-state index contributed by atoms with van der Waals surface area (Å²) in [5.74, 6) is 1.97. The van der Waals surface area contributed by atoms with Gasteiger partial charge in [0, 0.05) is 18.5 Å². The van der Waals surface area contributed by atoms with Crippen molar-refractivity contribution in [2.24, 2.45) is 5.92 Å². The van der Waals surface area contributed by atoms with Gasteiger partial charge in [0.05, 0.1) is 16.1 Å². The summed E-state index contributed by atoms with van der Waals surface area (Å²) < 4.78 is 12.0. The maximum absolute atomic E-state index is 6.17. The van der Waals surface area contributed by atoms with E-state index in [1.807, 2.05) is 6.07 Å². The third-order valence-corrected chi connectivity index (χ3v) is 3.59. The second kappa shape index (κ2) is 5.97. The summed E-state index contributed by atoms with van der Waals surface area (Å²) in [7, 11) is 0. The summed E-state index contributed by atoms with van der Waals surface area (Å²) in [5, 5.41) is 0.477. The highest BCUT2D eigenvalue weighted by Crippen LogP contribution is 2.33. The molecule has 0 atom stereocenters. The molecule has 1 aromatic carbocycles. The largest absolute Gasteiger partial charge is 0.493 e. The van der Waals surface area contributed by atoms with Crippen molar-refractivity contribution < 1.29 is 9.47 Å². The molecule has 2 aromatic rings.